The highest BCUT2D eigenvalue weighted by Gasteiger charge is 2.11. The van der Waals surface area contributed by atoms with E-state index in [0.29, 0.717) is 24.3 Å². The molecular weight excluding hydrogens is 302 g/mol. The fraction of sp³-hybridized carbons (Fsp3) is 0.600. The van der Waals surface area contributed by atoms with Crippen LogP contribution in [0.25, 0.3) is 0 Å². The Labute approximate surface area is 146 Å². The van der Waals surface area contributed by atoms with Crippen molar-refractivity contribution in [3.05, 3.63) is 29.8 Å². The van der Waals surface area contributed by atoms with Gasteiger partial charge in [-0.15, -0.1) is 0 Å². The standard InChI is InChI=1S/C20H31NO3/c1-2-3-4-5-6-7-8-9-10-13-16-24-20(23)18-14-11-12-15-19(18)21-17-22/h11-12,14-15,17H,2-10,13,16H2,1H3,(H,21,22). The molecule has 0 heterocycles. The van der Waals surface area contributed by atoms with E-state index in [4.69, 9.17) is 4.74 Å². The van der Waals surface area contributed by atoms with Crippen LogP contribution in [0.1, 0.15) is 81.5 Å². The molecule has 0 bridgehead atoms. The van der Waals surface area contributed by atoms with E-state index in [-0.39, 0.29) is 5.97 Å². The molecule has 0 saturated heterocycles. The van der Waals surface area contributed by atoms with Crippen molar-refractivity contribution in [2.45, 2.75) is 71.1 Å². The molecule has 0 radical (unpaired) electrons. The number of nitrogens with one attached hydrogen (secondary N) is 1. The largest absolute Gasteiger partial charge is 0.462 e. The average molecular weight is 333 g/mol. The first-order valence-electron chi connectivity index (χ1n) is 9.26. The number of hydrogen-bond acceptors (Lipinski definition) is 3. The summed E-state index contributed by atoms with van der Waals surface area (Å²) in [6.07, 6.45) is 13.1. The molecule has 1 amide bonds. The Bertz CT molecular complexity index is 474. The van der Waals surface area contributed by atoms with E-state index in [1.807, 2.05) is 0 Å². The quantitative estimate of drug-likeness (QED) is 0.284. The number of ether oxygens (including phenoxy) is 1. The summed E-state index contributed by atoms with van der Waals surface area (Å²) in [6.45, 7) is 2.68. The van der Waals surface area contributed by atoms with Crippen LogP contribution in [-0.4, -0.2) is 19.0 Å². The Morgan fingerprint density at radius 3 is 2.17 bits per heavy atom. The topological polar surface area (TPSA) is 55.4 Å². The Kier molecular flexibility index (Phi) is 11.4. The second-order valence-electron chi connectivity index (χ2n) is 6.13. The lowest BCUT2D eigenvalue weighted by atomic mass is 10.1. The van der Waals surface area contributed by atoms with Gasteiger partial charge in [0, 0.05) is 0 Å². The van der Waals surface area contributed by atoms with Gasteiger partial charge >= 0.3 is 5.97 Å². The Balaban J connectivity index is 2.07. The lowest BCUT2D eigenvalue weighted by molar-refractivity contribution is -0.105. The predicted molar refractivity (Wildman–Crippen MR) is 98.3 cm³/mol. The molecule has 0 aromatic heterocycles. The number of amides is 1. The summed E-state index contributed by atoms with van der Waals surface area (Å²) in [5, 5.41) is 2.52. The third kappa shape index (κ3) is 8.70. The molecule has 1 rings (SSSR count). The van der Waals surface area contributed by atoms with Crippen molar-refractivity contribution >= 4 is 18.1 Å². The van der Waals surface area contributed by atoms with Crippen molar-refractivity contribution in [1.82, 2.24) is 0 Å². The third-order valence-corrected chi connectivity index (χ3v) is 4.09. The van der Waals surface area contributed by atoms with Crippen LogP contribution in [0.3, 0.4) is 0 Å². The molecule has 24 heavy (non-hydrogen) atoms. The molecule has 0 atom stereocenters. The molecule has 1 N–H and O–H groups in total. The van der Waals surface area contributed by atoms with Crippen LogP contribution in [0.2, 0.25) is 0 Å². The van der Waals surface area contributed by atoms with Crippen molar-refractivity contribution < 1.29 is 14.3 Å². The van der Waals surface area contributed by atoms with Crippen molar-refractivity contribution in [2.24, 2.45) is 0 Å². The van der Waals surface area contributed by atoms with Crippen molar-refractivity contribution in [3.63, 3.8) is 0 Å². The van der Waals surface area contributed by atoms with Crippen LogP contribution >= 0.6 is 0 Å². The normalized spacial score (nSPS) is 10.4. The molecule has 134 valence electrons. The summed E-state index contributed by atoms with van der Waals surface area (Å²) in [4.78, 5) is 22.6. The fourth-order valence-electron chi connectivity index (χ4n) is 2.68. The maximum absolute atomic E-state index is 12.0. The number of carbonyl (C=O) groups excluding carboxylic acids is 2. The zero-order chi connectivity index (χ0) is 17.5. The van der Waals surface area contributed by atoms with E-state index in [2.05, 4.69) is 12.2 Å². The van der Waals surface area contributed by atoms with E-state index < -0.39 is 0 Å². The molecule has 0 unspecified atom stereocenters. The van der Waals surface area contributed by atoms with Gasteiger partial charge in [-0.25, -0.2) is 4.79 Å². The number of para-hydroxylation sites is 1. The molecule has 4 nitrogen and oxygen atoms in total. The smallest absolute Gasteiger partial charge is 0.340 e. The number of unbranched alkanes of at least 4 members (excludes halogenated alkanes) is 9. The summed E-state index contributed by atoms with van der Waals surface area (Å²) >= 11 is 0. The van der Waals surface area contributed by atoms with Crippen molar-refractivity contribution in [3.8, 4) is 0 Å². The van der Waals surface area contributed by atoms with Crippen molar-refractivity contribution in [1.29, 1.82) is 0 Å². The van der Waals surface area contributed by atoms with Gasteiger partial charge in [-0.2, -0.15) is 0 Å². The molecule has 0 aliphatic rings. The van der Waals surface area contributed by atoms with Crippen molar-refractivity contribution in [2.75, 3.05) is 11.9 Å². The van der Waals surface area contributed by atoms with Gasteiger partial charge in [-0.1, -0.05) is 76.8 Å². The Hall–Kier alpha value is -1.84. The van der Waals surface area contributed by atoms with Crippen LogP contribution in [0.15, 0.2) is 24.3 Å². The minimum absolute atomic E-state index is 0.379. The maximum atomic E-state index is 12.0. The van der Waals surface area contributed by atoms with Gasteiger partial charge in [0.2, 0.25) is 6.41 Å². The molecule has 0 aliphatic heterocycles. The molecule has 1 aromatic rings. The van der Waals surface area contributed by atoms with Gasteiger partial charge in [0.05, 0.1) is 17.9 Å². The zero-order valence-corrected chi connectivity index (χ0v) is 14.9. The monoisotopic (exact) mass is 333 g/mol. The van der Waals surface area contributed by atoms with E-state index in [1.165, 1.54) is 51.4 Å². The van der Waals surface area contributed by atoms with E-state index in [0.717, 1.165) is 12.8 Å². The Morgan fingerprint density at radius 2 is 1.54 bits per heavy atom. The number of anilines is 1. The lowest BCUT2D eigenvalue weighted by Crippen LogP contribution is -2.10. The summed E-state index contributed by atoms with van der Waals surface area (Å²) in [5.74, 6) is -0.379. The molecule has 0 spiro atoms. The van der Waals surface area contributed by atoms with E-state index in [1.54, 1.807) is 24.3 Å². The second kappa shape index (κ2) is 13.6. The zero-order valence-electron chi connectivity index (χ0n) is 14.9. The fourth-order valence-corrected chi connectivity index (χ4v) is 2.68. The van der Waals surface area contributed by atoms with Crippen LogP contribution in [0, 0.1) is 0 Å². The highest BCUT2D eigenvalue weighted by atomic mass is 16.5. The summed E-state index contributed by atoms with van der Waals surface area (Å²) in [5.41, 5.74) is 0.886. The summed E-state index contributed by atoms with van der Waals surface area (Å²) < 4.78 is 5.29. The number of carbonyl (C=O) groups is 2. The average Bonchev–Trinajstić information content (AvgIpc) is 2.60. The van der Waals surface area contributed by atoms with Gasteiger partial charge in [0.1, 0.15) is 0 Å². The van der Waals surface area contributed by atoms with Crippen LogP contribution < -0.4 is 5.32 Å². The molecule has 0 fully saturated rings. The maximum Gasteiger partial charge on any atom is 0.340 e. The van der Waals surface area contributed by atoms with Gasteiger partial charge in [-0.05, 0) is 18.6 Å². The number of esters is 1. The Morgan fingerprint density at radius 1 is 0.958 bits per heavy atom. The molecule has 0 aliphatic carbocycles. The molecule has 1 aromatic carbocycles. The number of hydrogen-bond donors (Lipinski definition) is 1. The lowest BCUT2D eigenvalue weighted by Gasteiger charge is -2.08. The van der Waals surface area contributed by atoms with Gasteiger partial charge in [0.25, 0.3) is 0 Å². The van der Waals surface area contributed by atoms with Gasteiger partial charge in [-0.3, -0.25) is 4.79 Å². The number of rotatable bonds is 14. The first-order chi connectivity index (χ1) is 11.8. The summed E-state index contributed by atoms with van der Waals surface area (Å²) in [6, 6.07) is 6.87. The van der Waals surface area contributed by atoms with E-state index >= 15 is 0 Å². The minimum atomic E-state index is -0.379. The number of benzene rings is 1. The highest BCUT2D eigenvalue weighted by molar-refractivity contribution is 5.97. The molecule has 4 heteroatoms. The minimum Gasteiger partial charge on any atom is -0.462 e. The molecule has 0 saturated carbocycles. The van der Waals surface area contributed by atoms with Gasteiger partial charge in [0.15, 0.2) is 0 Å². The predicted octanol–water partition coefficient (Wildman–Crippen LogP) is 5.33. The van der Waals surface area contributed by atoms with Crippen LogP contribution in [-0.2, 0) is 9.53 Å². The second-order valence-corrected chi connectivity index (χ2v) is 6.13. The highest BCUT2D eigenvalue weighted by Crippen LogP contribution is 2.16. The first kappa shape index (κ1) is 20.2. The van der Waals surface area contributed by atoms with Gasteiger partial charge < -0.3 is 10.1 Å². The molecular formula is C20H31NO3. The first-order valence-corrected chi connectivity index (χ1v) is 9.26. The van der Waals surface area contributed by atoms with E-state index in [9.17, 15) is 9.59 Å². The summed E-state index contributed by atoms with van der Waals surface area (Å²) in [7, 11) is 0. The third-order valence-electron chi connectivity index (χ3n) is 4.09. The van der Waals surface area contributed by atoms with Crippen LogP contribution in [0.5, 0.6) is 0 Å². The van der Waals surface area contributed by atoms with Crippen LogP contribution in [0.4, 0.5) is 5.69 Å². The SMILES string of the molecule is CCCCCCCCCCCCOC(=O)c1ccccc1NC=O.